The van der Waals surface area contributed by atoms with Crippen LogP contribution in [0.5, 0.6) is 5.88 Å². The van der Waals surface area contributed by atoms with Gasteiger partial charge in [0.15, 0.2) is 0 Å². The van der Waals surface area contributed by atoms with Crippen molar-refractivity contribution in [3.8, 4) is 5.88 Å². The molecule has 0 amide bonds. The molecular formula is C13H11ClN2O. The van der Waals surface area contributed by atoms with E-state index in [0.717, 1.165) is 11.3 Å². The lowest BCUT2D eigenvalue weighted by atomic mass is 10.2. The molecule has 0 aliphatic heterocycles. The quantitative estimate of drug-likeness (QED) is 0.833. The maximum atomic E-state index is 5.76. The van der Waals surface area contributed by atoms with Crippen LogP contribution in [0.3, 0.4) is 0 Å². The van der Waals surface area contributed by atoms with E-state index in [1.807, 2.05) is 30.4 Å². The fourth-order valence-corrected chi connectivity index (χ4v) is 1.42. The van der Waals surface area contributed by atoms with Crippen LogP contribution in [-0.4, -0.2) is 17.1 Å². The fraction of sp³-hybridized carbons (Fsp3) is 0.0769. The summed E-state index contributed by atoms with van der Waals surface area (Å²) < 4.78 is 5.04. The number of ether oxygens (including phenoxy) is 1. The van der Waals surface area contributed by atoms with Crippen LogP contribution < -0.4 is 4.74 Å². The highest BCUT2D eigenvalue weighted by atomic mass is 35.5. The molecular weight excluding hydrogens is 236 g/mol. The highest BCUT2D eigenvalue weighted by molar-refractivity contribution is 6.30. The highest BCUT2D eigenvalue weighted by Gasteiger charge is 1.94. The second-order valence-corrected chi connectivity index (χ2v) is 3.80. The molecule has 17 heavy (non-hydrogen) atoms. The van der Waals surface area contributed by atoms with Gasteiger partial charge in [-0.15, -0.1) is 0 Å². The summed E-state index contributed by atoms with van der Waals surface area (Å²) in [5.41, 5.74) is 1.86. The molecule has 2 aromatic rings. The zero-order valence-electron chi connectivity index (χ0n) is 9.30. The molecule has 4 heteroatoms. The lowest BCUT2D eigenvalue weighted by Gasteiger charge is -1.98. The molecule has 0 aliphatic carbocycles. The Hall–Kier alpha value is -1.87. The lowest BCUT2D eigenvalue weighted by Crippen LogP contribution is -1.86. The van der Waals surface area contributed by atoms with Crippen molar-refractivity contribution in [2.45, 2.75) is 0 Å². The van der Waals surface area contributed by atoms with Crippen molar-refractivity contribution >= 4 is 23.8 Å². The number of pyridine rings is 2. The van der Waals surface area contributed by atoms with Gasteiger partial charge in [0, 0.05) is 18.5 Å². The van der Waals surface area contributed by atoms with Crippen molar-refractivity contribution < 1.29 is 4.74 Å². The minimum Gasteiger partial charge on any atom is -0.481 e. The molecule has 0 atom stereocenters. The number of hydrogen-bond donors (Lipinski definition) is 0. The van der Waals surface area contributed by atoms with E-state index in [2.05, 4.69) is 9.97 Å². The van der Waals surface area contributed by atoms with Crippen LogP contribution in [0, 0.1) is 0 Å². The zero-order chi connectivity index (χ0) is 12.1. The van der Waals surface area contributed by atoms with Crippen LogP contribution in [0.1, 0.15) is 11.3 Å². The third-order valence-electron chi connectivity index (χ3n) is 2.16. The van der Waals surface area contributed by atoms with Gasteiger partial charge in [-0.3, -0.25) is 4.98 Å². The predicted octanol–water partition coefficient (Wildman–Crippen LogP) is 3.31. The average molecular weight is 247 g/mol. The molecule has 86 valence electrons. The van der Waals surface area contributed by atoms with Crippen molar-refractivity contribution in [2.75, 3.05) is 7.11 Å². The van der Waals surface area contributed by atoms with Gasteiger partial charge in [0.05, 0.1) is 17.8 Å². The lowest BCUT2D eigenvalue weighted by molar-refractivity contribution is 0.398. The van der Waals surface area contributed by atoms with Gasteiger partial charge in [0.1, 0.15) is 0 Å². The maximum Gasteiger partial charge on any atom is 0.213 e. The summed E-state index contributed by atoms with van der Waals surface area (Å²) in [7, 11) is 1.59. The van der Waals surface area contributed by atoms with Gasteiger partial charge in [-0.25, -0.2) is 4.98 Å². The van der Waals surface area contributed by atoms with E-state index >= 15 is 0 Å². The summed E-state index contributed by atoms with van der Waals surface area (Å²) in [6.07, 6.45) is 7.17. The van der Waals surface area contributed by atoms with Gasteiger partial charge in [0.25, 0.3) is 0 Å². The number of aromatic nitrogens is 2. The zero-order valence-corrected chi connectivity index (χ0v) is 10.1. The fourth-order valence-electron chi connectivity index (χ4n) is 1.31. The minimum atomic E-state index is 0.594. The van der Waals surface area contributed by atoms with Gasteiger partial charge in [-0.05, 0) is 29.8 Å². The van der Waals surface area contributed by atoms with Crippen molar-refractivity contribution in [3.63, 3.8) is 0 Å². The monoisotopic (exact) mass is 246 g/mol. The second kappa shape index (κ2) is 5.46. The second-order valence-electron chi connectivity index (χ2n) is 3.37. The Labute approximate surface area is 105 Å². The number of hydrogen-bond acceptors (Lipinski definition) is 3. The normalized spacial score (nSPS) is 10.7. The molecule has 0 unspecified atom stereocenters. The first-order chi connectivity index (χ1) is 8.28. The standard InChI is InChI=1S/C13H11ClN2O/c1-17-13-8-10(6-7-15-13)2-4-12-5-3-11(14)9-16-12/h2-9H,1H3/b4-2+. The summed E-state index contributed by atoms with van der Waals surface area (Å²) >= 11 is 5.76. The highest BCUT2D eigenvalue weighted by Crippen LogP contribution is 2.12. The van der Waals surface area contributed by atoms with E-state index in [0.29, 0.717) is 10.9 Å². The molecule has 0 bridgehead atoms. The van der Waals surface area contributed by atoms with E-state index in [1.165, 1.54) is 0 Å². The van der Waals surface area contributed by atoms with Crippen LogP contribution in [0.25, 0.3) is 12.2 Å². The largest absolute Gasteiger partial charge is 0.481 e. The molecule has 0 saturated carbocycles. The van der Waals surface area contributed by atoms with Crippen molar-refractivity contribution in [2.24, 2.45) is 0 Å². The van der Waals surface area contributed by atoms with Crippen LogP contribution in [0.4, 0.5) is 0 Å². The summed E-state index contributed by atoms with van der Waals surface area (Å²) in [4.78, 5) is 8.21. The molecule has 0 aliphatic rings. The molecule has 2 heterocycles. The number of halogens is 1. The van der Waals surface area contributed by atoms with Crippen molar-refractivity contribution in [1.82, 2.24) is 9.97 Å². The van der Waals surface area contributed by atoms with E-state index in [1.54, 1.807) is 25.6 Å². The van der Waals surface area contributed by atoms with Gasteiger partial charge in [0.2, 0.25) is 5.88 Å². The van der Waals surface area contributed by atoms with Crippen LogP contribution >= 0.6 is 11.6 Å². The van der Waals surface area contributed by atoms with Crippen molar-refractivity contribution in [3.05, 3.63) is 52.9 Å². The van der Waals surface area contributed by atoms with Crippen LogP contribution in [0.15, 0.2) is 36.7 Å². The molecule has 2 rings (SSSR count). The smallest absolute Gasteiger partial charge is 0.213 e. The molecule has 0 N–H and O–H groups in total. The van der Waals surface area contributed by atoms with Gasteiger partial charge < -0.3 is 4.74 Å². The Kier molecular flexibility index (Phi) is 3.73. The van der Waals surface area contributed by atoms with Gasteiger partial charge in [-0.1, -0.05) is 17.7 Å². The SMILES string of the molecule is COc1cc(/C=C/c2ccc(Cl)cn2)ccn1. The maximum absolute atomic E-state index is 5.76. The van der Waals surface area contributed by atoms with Crippen molar-refractivity contribution in [1.29, 1.82) is 0 Å². The molecule has 0 fully saturated rings. The average Bonchev–Trinajstić information content (AvgIpc) is 2.38. The Morgan fingerprint density at radius 1 is 1.18 bits per heavy atom. The Morgan fingerprint density at radius 3 is 2.76 bits per heavy atom. The molecule has 0 aromatic carbocycles. The Bertz CT molecular complexity index is 523. The Morgan fingerprint density at radius 2 is 2.06 bits per heavy atom. The summed E-state index contributed by atoms with van der Waals surface area (Å²) in [5.74, 6) is 0.594. The summed E-state index contributed by atoms with van der Waals surface area (Å²) in [5, 5.41) is 0.632. The molecule has 2 aromatic heterocycles. The van der Waals surface area contributed by atoms with Crippen LogP contribution in [-0.2, 0) is 0 Å². The first-order valence-corrected chi connectivity index (χ1v) is 5.45. The molecule has 0 saturated heterocycles. The summed E-state index contributed by atoms with van der Waals surface area (Å²) in [6, 6.07) is 7.42. The predicted molar refractivity (Wildman–Crippen MR) is 69.0 cm³/mol. The molecule has 0 radical (unpaired) electrons. The first kappa shape index (κ1) is 11.6. The third-order valence-corrected chi connectivity index (χ3v) is 2.39. The Balaban J connectivity index is 2.16. The molecule has 0 spiro atoms. The van der Waals surface area contributed by atoms with E-state index in [4.69, 9.17) is 16.3 Å². The first-order valence-electron chi connectivity index (χ1n) is 5.07. The number of rotatable bonds is 3. The minimum absolute atomic E-state index is 0.594. The molecule has 3 nitrogen and oxygen atoms in total. The van der Waals surface area contributed by atoms with E-state index in [-0.39, 0.29) is 0 Å². The van der Waals surface area contributed by atoms with E-state index < -0.39 is 0 Å². The summed E-state index contributed by atoms with van der Waals surface area (Å²) in [6.45, 7) is 0. The van der Waals surface area contributed by atoms with Gasteiger partial charge >= 0.3 is 0 Å². The van der Waals surface area contributed by atoms with Gasteiger partial charge in [-0.2, -0.15) is 0 Å². The van der Waals surface area contributed by atoms with Crippen LogP contribution in [0.2, 0.25) is 5.02 Å². The number of methoxy groups -OCH3 is 1. The topological polar surface area (TPSA) is 35.0 Å². The third kappa shape index (κ3) is 3.29. The van der Waals surface area contributed by atoms with E-state index in [9.17, 15) is 0 Å². The number of nitrogens with zero attached hydrogens (tertiary/aromatic N) is 2.